The third-order valence-corrected chi connectivity index (χ3v) is 3.89. The van der Waals surface area contributed by atoms with Gasteiger partial charge in [-0.25, -0.2) is 0 Å². The number of furan rings is 1. The molecule has 0 unspecified atom stereocenters. The van der Waals surface area contributed by atoms with E-state index in [2.05, 4.69) is 19.2 Å². The molecular weight excluding hydrogens is 198 g/mol. The molecule has 0 radical (unpaired) electrons. The average molecular weight is 221 g/mol. The predicted molar refractivity (Wildman–Crippen MR) is 66.1 cm³/mol. The molecule has 1 N–H and O–H groups in total. The molecule has 2 rings (SSSR count). The Kier molecular flexibility index (Phi) is 4.05. The van der Waals surface area contributed by atoms with Crippen molar-refractivity contribution in [2.45, 2.75) is 52.1 Å². The van der Waals surface area contributed by atoms with Crippen molar-refractivity contribution in [3.05, 3.63) is 24.2 Å². The summed E-state index contributed by atoms with van der Waals surface area (Å²) in [5.41, 5.74) is 1.26. The minimum atomic E-state index is 0.713. The first-order chi connectivity index (χ1) is 7.75. The lowest BCUT2D eigenvalue weighted by molar-refractivity contribution is 0.238. The van der Waals surface area contributed by atoms with Crippen LogP contribution in [0.1, 0.15) is 45.1 Å². The summed E-state index contributed by atoms with van der Waals surface area (Å²) >= 11 is 0. The summed E-state index contributed by atoms with van der Waals surface area (Å²) in [5, 5.41) is 3.62. The summed E-state index contributed by atoms with van der Waals surface area (Å²) in [5.74, 6) is 1.81. The van der Waals surface area contributed by atoms with Crippen LogP contribution in [0.5, 0.6) is 0 Å². The Balaban J connectivity index is 1.69. The first kappa shape index (κ1) is 11.7. The van der Waals surface area contributed by atoms with Crippen molar-refractivity contribution < 1.29 is 4.42 Å². The van der Waals surface area contributed by atoms with Gasteiger partial charge in [-0.05, 0) is 43.6 Å². The van der Waals surface area contributed by atoms with Gasteiger partial charge in [-0.15, -0.1) is 0 Å². The van der Waals surface area contributed by atoms with Crippen molar-refractivity contribution >= 4 is 0 Å². The standard InChI is InChI=1S/C14H23NO/c1-11(2)13-3-5-14(6-4-13)15-9-12-7-8-16-10-12/h7-8,10-11,13-15H,3-6,9H2,1-2H3. The Bertz CT molecular complexity index is 284. The number of nitrogens with one attached hydrogen (secondary N) is 1. The van der Waals surface area contributed by atoms with Gasteiger partial charge < -0.3 is 9.73 Å². The topological polar surface area (TPSA) is 25.2 Å². The van der Waals surface area contributed by atoms with Crippen LogP contribution < -0.4 is 5.32 Å². The molecule has 0 spiro atoms. The highest BCUT2D eigenvalue weighted by Gasteiger charge is 2.22. The molecule has 0 saturated heterocycles. The monoisotopic (exact) mass is 221 g/mol. The van der Waals surface area contributed by atoms with Crippen LogP contribution in [0.3, 0.4) is 0 Å². The van der Waals surface area contributed by atoms with E-state index in [-0.39, 0.29) is 0 Å². The van der Waals surface area contributed by atoms with Crippen LogP contribution in [-0.4, -0.2) is 6.04 Å². The van der Waals surface area contributed by atoms with Crippen LogP contribution in [-0.2, 0) is 6.54 Å². The summed E-state index contributed by atoms with van der Waals surface area (Å²) in [4.78, 5) is 0. The minimum absolute atomic E-state index is 0.713. The van der Waals surface area contributed by atoms with E-state index in [1.807, 2.05) is 12.3 Å². The predicted octanol–water partition coefficient (Wildman–Crippen LogP) is 3.58. The smallest absolute Gasteiger partial charge is 0.0947 e. The first-order valence-corrected chi connectivity index (χ1v) is 6.50. The number of hydrogen-bond donors (Lipinski definition) is 1. The van der Waals surface area contributed by atoms with Crippen LogP contribution in [0.25, 0.3) is 0 Å². The van der Waals surface area contributed by atoms with Gasteiger partial charge in [0.1, 0.15) is 0 Å². The highest BCUT2D eigenvalue weighted by molar-refractivity contribution is 5.04. The molecule has 90 valence electrons. The van der Waals surface area contributed by atoms with Crippen molar-refractivity contribution in [1.82, 2.24) is 5.32 Å². The average Bonchev–Trinajstić information content (AvgIpc) is 2.80. The second kappa shape index (κ2) is 5.53. The maximum atomic E-state index is 5.06. The van der Waals surface area contributed by atoms with Crippen LogP contribution in [0.4, 0.5) is 0 Å². The lowest BCUT2D eigenvalue weighted by Crippen LogP contribution is -2.33. The van der Waals surface area contributed by atoms with E-state index in [0.29, 0.717) is 6.04 Å². The fraction of sp³-hybridized carbons (Fsp3) is 0.714. The molecule has 2 nitrogen and oxygen atoms in total. The SMILES string of the molecule is CC(C)C1CCC(NCc2ccoc2)CC1. The molecule has 0 atom stereocenters. The molecule has 1 saturated carbocycles. The molecule has 1 aromatic heterocycles. The van der Waals surface area contributed by atoms with E-state index in [9.17, 15) is 0 Å². The minimum Gasteiger partial charge on any atom is -0.472 e. The van der Waals surface area contributed by atoms with Gasteiger partial charge in [0, 0.05) is 18.2 Å². The van der Waals surface area contributed by atoms with Crippen molar-refractivity contribution in [2.24, 2.45) is 11.8 Å². The van der Waals surface area contributed by atoms with Gasteiger partial charge in [-0.1, -0.05) is 13.8 Å². The summed E-state index contributed by atoms with van der Waals surface area (Å²) in [6, 6.07) is 2.75. The zero-order valence-electron chi connectivity index (χ0n) is 10.4. The maximum Gasteiger partial charge on any atom is 0.0947 e. The van der Waals surface area contributed by atoms with Gasteiger partial charge in [0.05, 0.1) is 12.5 Å². The zero-order chi connectivity index (χ0) is 11.4. The molecule has 16 heavy (non-hydrogen) atoms. The quantitative estimate of drug-likeness (QED) is 0.840. The Hall–Kier alpha value is -0.760. The lowest BCUT2D eigenvalue weighted by atomic mass is 9.80. The highest BCUT2D eigenvalue weighted by atomic mass is 16.3. The van der Waals surface area contributed by atoms with Gasteiger partial charge >= 0.3 is 0 Å². The van der Waals surface area contributed by atoms with Crippen LogP contribution in [0.2, 0.25) is 0 Å². The molecule has 1 aromatic rings. The Morgan fingerprint density at radius 1 is 1.31 bits per heavy atom. The van der Waals surface area contributed by atoms with Crippen LogP contribution in [0.15, 0.2) is 23.0 Å². The zero-order valence-corrected chi connectivity index (χ0v) is 10.4. The normalized spacial score (nSPS) is 26.2. The van der Waals surface area contributed by atoms with Crippen LogP contribution in [0, 0.1) is 11.8 Å². The summed E-state index contributed by atoms with van der Waals surface area (Å²) in [6.07, 6.45) is 9.02. The molecule has 1 aliphatic carbocycles. The molecule has 1 heterocycles. The van der Waals surface area contributed by atoms with E-state index in [1.54, 1.807) is 6.26 Å². The molecule has 0 bridgehead atoms. The molecule has 0 amide bonds. The lowest BCUT2D eigenvalue weighted by Gasteiger charge is -2.31. The van der Waals surface area contributed by atoms with Gasteiger partial charge in [-0.3, -0.25) is 0 Å². The van der Waals surface area contributed by atoms with E-state index >= 15 is 0 Å². The summed E-state index contributed by atoms with van der Waals surface area (Å²) in [6.45, 7) is 5.65. The number of rotatable bonds is 4. The third kappa shape index (κ3) is 3.11. The summed E-state index contributed by atoms with van der Waals surface area (Å²) in [7, 11) is 0. The second-order valence-electron chi connectivity index (χ2n) is 5.37. The van der Waals surface area contributed by atoms with Crippen molar-refractivity contribution in [3.8, 4) is 0 Å². The second-order valence-corrected chi connectivity index (χ2v) is 5.37. The molecule has 2 heteroatoms. The molecule has 0 aliphatic heterocycles. The van der Waals surface area contributed by atoms with Crippen molar-refractivity contribution in [3.63, 3.8) is 0 Å². The highest BCUT2D eigenvalue weighted by Crippen LogP contribution is 2.29. The fourth-order valence-electron chi connectivity index (χ4n) is 2.65. The van der Waals surface area contributed by atoms with E-state index < -0.39 is 0 Å². The molecule has 0 aromatic carbocycles. The van der Waals surface area contributed by atoms with E-state index in [4.69, 9.17) is 4.42 Å². The van der Waals surface area contributed by atoms with E-state index in [0.717, 1.165) is 18.4 Å². The van der Waals surface area contributed by atoms with Crippen molar-refractivity contribution in [1.29, 1.82) is 0 Å². The summed E-state index contributed by atoms with van der Waals surface area (Å²) < 4.78 is 5.06. The van der Waals surface area contributed by atoms with Gasteiger partial charge in [0.25, 0.3) is 0 Å². The Morgan fingerprint density at radius 2 is 2.06 bits per heavy atom. The molecular formula is C14H23NO. The van der Waals surface area contributed by atoms with Gasteiger partial charge in [0.2, 0.25) is 0 Å². The van der Waals surface area contributed by atoms with E-state index in [1.165, 1.54) is 31.2 Å². The Labute approximate surface area is 98.4 Å². The molecule has 1 aliphatic rings. The largest absolute Gasteiger partial charge is 0.472 e. The Morgan fingerprint density at radius 3 is 2.62 bits per heavy atom. The maximum absolute atomic E-state index is 5.06. The van der Waals surface area contributed by atoms with Gasteiger partial charge in [-0.2, -0.15) is 0 Å². The third-order valence-electron chi connectivity index (χ3n) is 3.89. The number of hydrogen-bond acceptors (Lipinski definition) is 2. The first-order valence-electron chi connectivity index (χ1n) is 6.50. The molecule has 1 fully saturated rings. The van der Waals surface area contributed by atoms with Crippen molar-refractivity contribution in [2.75, 3.05) is 0 Å². The van der Waals surface area contributed by atoms with Gasteiger partial charge in [0.15, 0.2) is 0 Å². The van der Waals surface area contributed by atoms with Crippen LogP contribution >= 0.6 is 0 Å². The fourth-order valence-corrected chi connectivity index (χ4v) is 2.65.